The van der Waals surface area contributed by atoms with Crippen molar-refractivity contribution in [1.82, 2.24) is 9.97 Å². The lowest BCUT2D eigenvalue weighted by Gasteiger charge is -2.20. The average Bonchev–Trinajstić information content (AvgIpc) is 3.19. The largest absolute Gasteiger partial charge is 0.284 e. The van der Waals surface area contributed by atoms with Gasteiger partial charge in [-0.2, -0.15) is 0 Å². The van der Waals surface area contributed by atoms with E-state index in [2.05, 4.69) is 41.2 Å². The number of amides is 1. The molecule has 30 heavy (non-hydrogen) atoms. The molecule has 152 valence electrons. The molecule has 0 radical (unpaired) electrons. The molecule has 0 saturated carbocycles. The molecule has 0 N–H and O–H groups in total. The maximum atomic E-state index is 13.2. The van der Waals surface area contributed by atoms with Crippen molar-refractivity contribution in [2.45, 2.75) is 24.8 Å². The van der Waals surface area contributed by atoms with Crippen LogP contribution in [0.4, 0.5) is 5.13 Å². The Hall–Kier alpha value is -2.41. The number of hydrogen-bond acceptors (Lipinski definition) is 5. The topological polar surface area (TPSA) is 46.1 Å². The van der Waals surface area contributed by atoms with E-state index in [0.29, 0.717) is 28.9 Å². The highest BCUT2D eigenvalue weighted by molar-refractivity contribution is 7.99. The molecule has 0 atom stereocenters. The van der Waals surface area contributed by atoms with Crippen molar-refractivity contribution in [2.24, 2.45) is 0 Å². The number of aromatic nitrogens is 2. The Bertz CT molecular complexity index is 1150. The third-order valence-electron chi connectivity index (χ3n) is 4.56. The van der Waals surface area contributed by atoms with Crippen LogP contribution in [0.15, 0.2) is 71.9 Å². The van der Waals surface area contributed by atoms with Crippen LogP contribution >= 0.6 is 34.7 Å². The van der Waals surface area contributed by atoms with Gasteiger partial charge in [-0.25, -0.2) is 4.98 Å². The summed E-state index contributed by atoms with van der Waals surface area (Å²) in [4.78, 5) is 24.9. The number of carbonyl (C=O) groups is 1. The second kappa shape index (κ2) is 9.60. The van der Waals surface area contributed by atoms with Crippen LogP contribution in [-0.2, 0) is 11.3 Å². The van der Waals surface area contributed by atoms with E-state index in [1.807, 2.05) is 30.3 Å². The second-order valence-corrected chi connectivity index (χ2v) is 9.42. The lowest BCUT2D eigenvalue weighted by Crippen LogP contribution is -2.30. The summed E-state index contributed by atoms with van der Waals surface area (Å²) in [6, 6.07) is 17.9. The predicted molar refractivity (Wildman–Crippen MR) is 127 cm³/mol. The zero-order valence-corrected chi connectivity index (χ0v) is 18.8. The Balaban J connectivity index is 1.53. The molecule has 0 fully saturated rings. The Morgan fingerprint density at radius 1 is 1.13 bits per heavy atom. The van der Waals surface area contributed by atoms with Gasteiger partial charge in [0.1, 0.15) is 5.52 Å². The van der Waals surface area contributed by atoms with Crippen molar-refractivity contribution in [1.29, 1.82) is 0 Å². The quantitative estimate of drug-likeness (QED) is 0.305. The third kappa shape index (κ3) is 5.01. The number of pyridine rings is 1. The maximum Gasteiger partial charge on any atom is 0.229 e. The van der Waals surface area contributed by atoms with Crippen LogP contribution in [0.25, 0.3) is 10.2 Å². The molecule has 0 spiro atoms. The fourth-order valence-corrected chi connectivity index (χ4v) is 5.10. The SMILES string of the molecule is Cc1ccc(SCCC(=O)N(Cc2cccnc2)c2nc3c(Cl)cccc3s2)cc1. The van der Waals surface area contributed by atoms with Gasteiger partial charge in [0.15, 0.2) is 5.13 Å². The monoisotopic (exact) mass is 453 g/mol. The van der Waals surface area contributed by atoms with Crippen LogP contribution in [0.5, 0.6) is 0 Å². The van der Waals surface area contributed by atoms with Crippen molar-refractivity contribution in [3.8, 4) is 0 Å². The van der Waals surface area contributed by atoms with Crippen LogP contribution in [0.1, 0.15) is 17.5 Å². The van der Waals surface area contributed by atoms with Gasteiger partial charge in [0, 0.05) is 29.5 Å². The van der Waals surface area contributed by atoms with Crippen molar-refractivity contribution in [2.75, 3.05) is 10.7 Å². The number of anilines is 1. The molecule has 0 bridgehead atoms. The Morgan fingerprint density at radius 2 is 1.97 bits per heavy atom. The summed E-state index contributed by atoms with van der Waals surface area (Å²) in [6.07, 6.45) is 3.93. The molecule has 7 heteroatoms. The lowest BCUT2D eigenvalue weighted by molar-refractivity contribution is -0.118. The minimum Gasteiger partial charge on any atom is -0.284 e. The Labute approximate surface area is 188 Å². The van der Waals surface area contributed by atoms with Gasteiger partial charge in [0.2, 0.25) is 5.91 Å². The fraction of sp³-hybridized carbons (Fsp3) is 0.174. The summed E-state index contributed by atoms with van der Waals surface area (Å²) < 4.78 is 0.968. The lowest BCUT2D eigenvalue weighted by atomic mass is 10.2. The fourth-order valence-electron chi connectivity index (χ4n) is 2.98. The number of thioether (sulfide) groups is 1. The summed E-state index contributed by atoms with van der Waals surface area (Å²) in [5, 5.41) is 1.26. The molecule has 2 aromatic carbocycles. The van der Waals surface area contributed by atoms with Gasteiger partial charge in [0.05, 0.1) is 16.3 Å². The maximum absolute atomic E-state index is 13.2. The van der Waals surface area contributed by atoms with Gasteiger partial charge in [-0.15, -0.1) is 11.8 Å². The summed E-state index contributed by atoms with van der Waals surface area (Å²) in [5.74, 6) is 0.741. The highest BCUT2D eigenvalue weighted by atomic mass is 35.5. The minimum absolute atomic E-state index is 0.0358. The number of para-hydroxylation sites is 1. The number of thiazole rings is 1. The molecule has 4 nitrogen and oxygen atoms in total. The van der Waals surface area contributed by atoms with E-state index < -0.39 is 0 Å². The van der Waals surface area contributed by atoms with E-state index in [1.54, 1.807) is 29.1 Å². The molecule has 0 aliphatic carbocycles. The number of nitrogens with zero attached hydrogens (tertiary/aromatic N) is 3. The summed E-state index contributed by atoms with van der Waals surface area (Å²) >= 11 is 9.47. The van der Waals surface area contributed by atoms with E-state index in [0.717, 1.165) is 15.8 Å². The number of hydrogen-bond donors (Lipinski definition) is 0. The molecule has 0 unspecified atom stereocenters. The summed E-state index contributed by atoms with van der Waals surface area (Å²) in [5.41, 5.74) is 2.92. The van der Waals surface area contributed by atoms with Gasteiger partial charge in [-0.05, 0) is 42.8 Å². The molecule has 4 aromatic rings. The molecule has 0 aliphatic rings. The molecule has 1 amide bonds. The number of halogens is 1. The van der Waals surface area contributed by atoms with Gasteiger partial charge < -0.3 is 0 Å². The molecule has 0 aliphatic heterocycles. The summed E-state index contributed by atoms with van der Waals surface area (Å²) in [6.45, 7) is 2.50. The van der Waals surface area contributed by atoms with Crippen LogP contribution < -0.4 is 4.90 Å². The zero-order valence-electron chi connectivity index (χ0n) is 16.4. The van der Waals surface area contributed by atoms with Crippen molar-refractivity contribution < 1.29 is 4.79 Å². The smallest absolute Gasteiger partial charge is 0.229 e. The van der Waals surface area contributed by atoms with Crippen molar-refractivity contribution in [3.63, 3.8) is 0 Å². The first-order chi connectivity index (χ1) is 14.6. The highest BCUT2D eigenvalue weighted by Gasteiger charge is 2.21. The van der Waals surface area contributed by atoms with Crippen molar-refractivity contribution >= 4 is 56.0 Å². The standard InChI is InChI=1S/C23H20ClN3OS2/c1-16-7-9-18(10-8-16)29-13-11-21(28)27(15-17-4-3-12-25-14-17)23-26-22-19(24)5-2-6-20(22)30-23/h2-10,12,14H,11,13,15H2,1H3. The van der Waals surface area contributed by atoms with E-state index in [-0.39, 0.29) is 5.91 Å². The first-order valence-electron chi connectivity index (χ1n) is 9.54. The van der Waals surface area contributed by atoms with Crippen LogP contribution in [0.3, 0.4) is 0 Å². The Kier molecular flexibility index (Phi) is 6.67. The zero-order chi connectivity index (χ0) is 20.9. The van der Waals surface area contributed by atoms with E-state index in [9.17, 15) is 4.79 Å². The van der Waals surface area contributed by atoms with Crippen LogP contribution in [-0.4, -0.2) is 21.6 Å². The van der Waals surface area contributed by atoms with Crippen LogP contribution in [0, 0.1) is 6.92 Å². The first-order valence-corrected chi connectivity index (χ1v) is 11.7. The Morgan fingerprint density at radius 3 is 2.70 bits per heavy atom. The molecule has 0 saturated heterocycles. The molecular formula is C23H20ClN3OS2. The average molecular weight is 454 g/mol. The molecule has 2 heterocycles. The summed E-state index contributed by atoms with van der Waals surface area (Å²) in [7, 11) is 0. The first kappa shape index (κ1) is 20.8. The van der Waals surface area contributed by atoms with Gasteiger partial charge in [-0.3, -0.25) is 14.7 Å². The number of benzene rings is 2. The number of carbonyl (C=O) groups excluding carboxylic acids is 1. The number of rotatable bonds is 7. The molecular weight excluding hydrogens is 434 g/mol. The van der Waals surface area contributed by atoms with Gasteiger partial charge in [-0.1, -0.05) is 52.8 Å². The second-order valence-electron chi connectivity index (χ2n) is 6.84. The number of aryl methyl sites for hydroxylation is 1. The normalized spacial score (nSPS) is 11.0. The highest BCUT2D eigenvalue weighted by Crippen LogP contribution is 2.34. The van der Waals surface area contributed by atoms with E-state index in [1.165, 1.54) is 21.8 Å². The third-order valence-corrected chi connectivity index (χ3v) is 6.92. The molecule has 2 aromatic heterocycles. The van der Waals surface area contributed by atoms with Crippen molar-refractivity contribution in [3.05, 3.63) is 83.1 Å². The predicted octanol–water partition coefficient (Wildman–Crippen LogP) is 6.37. The van der Waals surface area contributed by atoms with E-state index in [4.69, 9.17) is 11.6 Å². The minimum atomic E-state index is 0.0358. The van der Waals surface area contributed by atoms with E-state index >= 15 is 0 Å². The molecule has 4 rings (SSSR count). The van der Waals surface area contributed by atoms with Gasteiger partial charge >= 0.3 is 0 Å². The number of fused-ring (bicyclic) bond motifs is 1. The van der Waals surface area contributed by atoms with Crippen LogP contribution in [0.2, 0.25) is 5.02 Å². The van der Waals surface area contributed by atoms with Gasteiger partial charge in [0.25, 0.3) is 0 Å².